The molecule has 0 nitrogen and oxygen atoms in total. The van der Waals surface area contributed by atoms with Crippen LogP contribution >= 0.6 is 0 Å². The van der Waals surface area contributed by atoms with Gasteiger partial charge >= 0.3 is 6.18 Å². The average molecular weight is 1660 g/mol. The zero-order valence-electron chi connectivity index (χ0n) is 87.8. The number of hydrogen-bond donors (Lipinski definition) is 0. The first kappa shape index (κ1) is 113. The zero-order chi connectivity index (χ0) is 94.3. The molecule has 0 radical (unpaired) electrons. The van der Waals surface area contributed by atoms with E-state index in [4.69, 9.17) is 0 Å². The Morgan fingerprint density at radius 3 is 0.694 bits per heavy atom. The lowest BCUT2D eigenvalue weighted by Crippen LogP contribution is -2.34. The van der Waals surface area contributed by atoms with Gasteiger partial charge in [-0.2, -0.15) is 13.2 Å². The van der Waals surface area contributed by atoms with E-state index in [0.717, 1.165) is 40.5 Å². The van der Waals surface area contributed by atoms with Gasteiger partial charge in [-0.1, -0.05) is 344 Å². The van der Waals surface area contributed by atoms with E-state index in [0.29, 0.717) is 70.5 Å². The summed E-state index contributed by atoms with van der Waals surface area (Å²) in [5.74, 6) is 8.35. The number of hydrogen-bond acceptors (Lipinski definition) is 0. The number of aryl methyl sites for hydroxylation is 7. The Balaban J connectivity index is 0.000000693. The Bertz CT molecular complexity index is 4260. The molecule has 0 heterocycles. The lowest BCUT2D eigenvalue weighted by Gasteiger charge is -2.28. The number of benzene rings is 8. The van der Waals surface area contributed by atoms with Crippen molar-refractivity contribution in [2.75, 3.05) is 0 Å². The van der Waals surface area contributed by atoms with Crippen molar-refractivity contribution in [3.05, 3.63) is 276 Å². The predicted octanol–water partition coefficient (Wildman–Crippen LogP) is 37.9. The maximum atomic E-state index is 12.8. The van der Waals surface area contributed by atoms with Gasteiger partial charge in [-0.25, -0.2) is 0 Å². The van der Waals surface area contributed by atoms with Crippen LogP contribution in [0.25, 0.3) is 0 Å². The number of alkyl halides is 3. The molecule has 0 bridgehead atoms. The van der Waals surface area contributed by atoms with Gasteiger partial charge in [0.25, 0.3) is 0 Å². The van der Waals surface area contributed by atoms with E-state index in [1.54, 1.807) is 0 Å². The Hall–Kier alpha value is -6.45. The summed E-state index contributed by atoms with van der Waals surface area (Å²) in [6.45, 7) is 108. The molecule has 0 N–H and O–H groups in total. The second-order valence-corrected chi connectivity index (χ2v) is 43.6. The van der Waals surface area contributed by atoms with E-state index in [1.807, 2.05) is 32.9 Å². The number of rotatable bonds is 18. The van der Waals surface area contributed by atoms with E-state index < -0.39 is 11.6 Å². The van der Waals surface area contributed by atoms with Gasteiger partial charge in [0.05, 0.1) is 5.41 Å². The summed E-state index contributed by atoms with van der Waals surface area (Å²) in [5.41, 5.74) is 42.9. The minimum atomic E-state index is -4.17. The molecule has 8 aromatic carbocycles. The van der Waals surface area contributed by atoms with Crippen LogP contribution in [0.4, 0.5) is 13.2 Å². The molecule has 0 aliphatic heterocycles. The van der Waals surface area contributed by atoms with Crippen LogP contribution in [0.15, 0.2) is 103 Å². The molecular weight excluding hydrogens is 1470 g/mol. The molecule has 0 aliphatic rings. The van der Waals surface area contributed by atoms with Crippen molar-refractivity contribution in [3.63, 3.8) is 0 Å². The summed E-state index contributed by atoms with van der Waals surface area (Å²) in [7, 11) is 0. The molecular formula is C118H185F3. The highest BCUT2D eigenvalue weighted by molar-refractivity contribution is 5.48. The van der Waals surface area contributed by atoms with Crippen LogP contribution in [0.3, 0.4) is 0 Å². The Labute approximate surface area is 748 Å². The van der Waals surface area contributed by atoms with Crippen molar-refractivity contribution in [1.29, 1.82) is 0 Å². The summed E-state index contributed by atoms with van der Waals surface area (Å²) in [5, 5.41) is 0. The van der Waals surface area contributed by atoms with Crippen molar-refractivity contribution >= 4 is 0 Å². The largest absolute Gasteiger partial charge is 0.394 e. The Morgan fingerprint density at radius 1 is 0.240 bits per heavy atom. The van der Waals surface area contributed by atoms with Crippen molar-refractivity contribution < 1.29 is 13.2 Å². The van der Waals surface area contributed by atoms with Gasteiger partial charge < -0.3 is 0 Å². The molecule has 121 heavy (non-hydrogen) atoms. The summed E-state index contributed by atoms with van der Waals surface area (Å²) in [4.78, 5) is 0. The molecule has 0 aromatic heterocycles. The normalized spacial score (nSPS) is 11.9. The van der Waals surface area contributed by atoms with Crippen molar-refractivity contribution in [1.82, 2.24) is 0 Å². The maximum Gasteiger partial charge on any atom is 0.394 e. The zero-order valence-corrected chi connectivity index (χ0v) is 87.8. The summed E-state index contributed by atoms with van der Waals surface area (Å²) in [6.07, 6.45) is -0.588. The monoisotopic (exact) mass is 1660 g/mol. The van der Waals surface area contributed by atoms with E-state index in [-0.39, 0.29) is 11.8 Å². The van der Waals surface area contributed by atoms with Crippen LogP contribution in [0.5, 0.6) is 0 Å². The summed E-state index contributed by atoms with van der Waals surface area (Å²) >= 11 is 0. The van der Waals surface area contributed by atoms with Crippen LogP contribution in [0.2, 0.25) is 0 Å². The second kappa shape index (κ2) is 49.5. The van der Waals surface area contributed by atoms with Crippen molar-refractivity contribution in [2.45, 2.75) is 442 Å². The van der Waals surface area contributed by atoms with Crippen LogP contribution in [-0.2, 0) is 31.1 Å². The van der Waals surface area contributed by atoms with E-state index in [2.05, 4.69) is 396 Å². The highest BCUT2D eigenvalue weighted by atomic mass is 19.4. The second-order valence-electron chi connectivity index (χ2n) is 43.6. The highest BCUT2D eigenvalue weighted by Gasteiger charge is 2.47. The topological polar surface area (TPSA) is 0 Å². The lowest BCUT2D eigenvalue weighted by molar-refractivity contribution is -0.211. The van der Waals surface area contributed by atoms with Crippen LogP contribution < -0.4 is 0 Å². The summed E-state index contributed by atoms with van der Waals surface area (Å²) < 4.78 is 38.4. The van der Waals surface area contributed by atoms with Gasteiger partial charge in [-0.05, 0) is 384 Å². The molecule has 8 aromatic rings. The van der Waals surface area contributed by atoms with Gasteiger partial charge in [0.15, 0.2) is 0 Å². The lowest BCUT2D eigenvalue weighted by atomic mass is 9.80. The van der Waals surface area contributed by atoms with Crippen LogP contribution in [-0.4, -0.2) is 6.18 Å². The highest BCUT2D eigenvalue weighted by Crippen LogP contribution is 2.42. The fraction of sp³-hybridized carbons (Fsp3) is 0.593. The minimum Gasteiger partial charge on any atom is -0.171 e. The Kier molecular flexibility index (Phi) is 46.0. The standard InChI is InChI=1S/2C17H28.C16H26.C14H19F3.2C14H22.2C13H20/c1-11(2)15-9-14(17(6,7)8)10-16(12(3)4)13(15)5;1-11(2)8-15-9-16(12(3)4)14(7)17(10-15)13(5)6;1-10(2)14-8-15(11(3)4)13(7)16(9-14)12(5)6;1-9-6-12(7-10(2)11(9)3)8-13(4,5)14(15,16)17;1-10-7-13(9-14(4,5)6)8-11(2)12(10)3;1-9(2)13-7-11(5)8-14(10(3)4)12(13)6;1-9(2)6-13-7-10(3)12(5)11(4)8-13;1-9(2)12-7-6-8-13(10(3)4)11(12)5/h9-12H,1-8H3;9-13H,8H2,1-7H3;8-12H,1-7H3;6-7H,8H2,1-5H3;7-8H,9H2,1-6H3;7-10H,1-6H3;7-9H,6H2,1-5H3;6-10H,1-5H3. The fourth-order valence-electron chi connectivity index (χ4n) is 16.8. The van der Waals surface area contributed by atoms with Gasteiger partial charge in [0.2, 0.25) is 0 Å². The van der Waals surface area contributed by atoms with E-state index >= 15 is 0 Å². The molecule has 0 amide bonds. The third kappa shape index (κ3) is 36.6. The third-order valence-electron chi connectivity index (χ3n) is 24.7. The molecule has 0 spiro atoms. The minimum absolute atomic E-state index is 0.0262. The van der Waals surface area contributed by atoms with E-state index in [9.17, 15) is 13.2 Å². The molecule has 8 rings (SSSR count). The molecule has 0 unspecified atom stereocenters. The third-order valence-corrected chi connectivity index (χ3v) is 24.7. The fourth-order valence-corrected chi connectivity index (χ4v) is 16.8. The van der Waals surface area contributed by atoms with Gasteiger partial charge in [0, 0.05) is 0 Å². The molecule has 0 fully saturated rings. The van der Waals surface area contributed by atoms with E-state index in [1.165, 1.54) is 177 Å². The Morgan fingerprint density at radius 2 is 0.463 bits per heavy atom. The molecule has 0 atom stereocenters. The molecule has 3 heteroatoms. The van der Waals surface area contributed by atoms with Gasteiger partial charge in [-0.3, -0.25) is 0 Å². The van der Waals surface area contributed by atoms with Crippen molar-refractivity contribution in [2.24, 2.45) is 22.7 Å². The molecule has 678 valence electrons. The molecule has 0 saturated heterocycles. The van der Waals surface area contributed by atoms with Crippen LogP contribution in [0.1, 0.15) is 473 Å². The maximum absolute atomic E-state index is 12.8. The van der Waals surface area contributed by atoms with Gasteiger partial charge in [-0.15, -0.1) is 0 Å². The first-order valence-corrected chi connectivity index (χ1v) is 47.0. The molecule has 0 saturated carbocycles. The average Bonchev–Trinajstić information content (AvgIpc) is 0.808. The number of halogens is 3. The SMILES string of the molecule is Cc1c(C(C)C)cc(C(C)(C)C)cc1C(C)C.Cc1c(C(C)C)cc(C(C)C)cc1C(C)C.Cc1c(C(C)C)cc(CC(C)C)cc1C(C)C.Cc1c(C(C)C)cccc1C(C)C.Cc1cc(C(C)C)c(C)c(C(C)C)c1.Cc1cc(CC(C)(C)C(F)(F)F)cc(C)c1C.Cc1cc(CC(C)(C)C)cc(C)c1C.Cc1cc(CC(C)C)cc(C)c1C. The smallest absolute Gasteiger partial charge is 0.171 e. The first-order valence-electron chi connectivity index (χ1n) is 47.0. The summed E-state index contributed by atoms with van der Waals surface area (Å²) in [6, 6.07) is 38.8. The predicted molar refractivity (Wildman–Crippen MR) is 540 cm³/mol. The quantitative estimate of drug-likeness (QED) is 0.0803. The van der Waals surface area contributed by atoms with Gasteiger partial charge in [0.1, 0.15) is 0 Å². The van der Waals surface area contributed by atoms with Crippen LogP contribution in [0, 0.1) is 127 Å². The molecule has 0 aliphatic carbocycles. The first-order chi connectivity index (χ1) is 55.1. The van der Waals surface area contributed by atoms with Crippen molar-refractivity contribution in [3.8, 4) is 0 Å².